The van der Waals surface area contributed by atoms with Crippen LogP contribution in [0.15, 0.2) is 17.6 Å². The van der Waals surface area contributed by atoms with Crippen LogP contribution in [0, 0.1) is 11.8 Å². The Morgan fingerprint density at radius 3 is 2.31 bits per heavy atom. The summed E-state index contributed by atoms with van der Waals surface area (Å²) < 4.78 is 0. The van der Waals surface area contributed by atoms with Gasteiger partial charge in [-0.1, -0.05) is 27.7 Å². The van der Waals surface area contributed by atoms with E-state index < -0.39 is 5.97 Å². The number of aromatic nitrogens is 1. The Hall–Kier alpha value is -1.97. The van der Waals surface area contributed by atoms with Gasteiger partial charge in [-0.25, -0.2) is 15.2 Å². The highest BCUT2D eigenvalue weighted by atomic mass is 32.1. The zero-order valence-electron chi connectivity index (χ0n) is 22.1. The normalized spacial score (nSPS) is 24.9. The standard InChI is InChI=1S/C27H40N4O3S2/c1-17-6-8-18(9-7-17)24(32)31(21-16-22(27(2,3)4)36-23(21)25(33)34)20-12-10-19(11-13-20)29-30(5)26-28-14-15-35-26/h14-20,29H,6-13H2,1-5H3,(H,33,34)/t17?,18?,19-,20+. The lowest BCUT2D eigenvalue weighted by atomic mass is 9.81. The number of carboxylic acids is 1. The molecular weight excluding hydrogens is 492 g/mol. The zero-order valence-corrected chi connectivity index (χ0v) is 23.8. The van der Waals surface area contributed by atoms with Gasteiger partial charge in [-0.15, -0.1) is 22.7 Å². The van der Waals surface area contributed by atoms with E-state index in [2.05, 4.69) is 38.1 Å². The molecule has 2 N–H and O–H groups in total. The quantitative estimate of drug-likeness (QED) is 0.406. The number of hydrogen-bond donors (Lipinski definition) is 2. The fraction of sp³-hybridized carbons (Fsp3) is 0.667. The molecule has 2 aromatic rings. The summed E-state index contributed by atoms with van der Waals surface area (Å²) in [6.45, 7) is 8.54. The third kappa shape index (κ3) is 6.11. The van der Waals surface area contributed by atoms with Crippen LogP contribution in [0.2, 0.25) is 0 Å². The average Bonchev–Trinajstić information content (AvgIpc) is 3.51. The fourth-order valence-corrected chi connectivity index (χ4v) is 7.08. The Labute approximate surface area is 222 Å². The Kier molecular flexibility index (Phi) is 8.42. The molecule has 2 fully saturated rings. The van der Waals surface area contributed by atoms with Gasteiger partial charge in [-0.2, -0.15) is 0 Å². The molecule has 0 aliphatic heterocycles. The van der Waals surface area contributed by atoms with Crippen LogP contribution in [-0.2, 0) is 10.2 Å². The number of nitrogens with zero attached hydrogens (tertiary/aromatic N) is 3. The molecule has 0 aromatic carbocycles. The average molecular weight is 533 g/mol. The molecule has 0 bridgehead atoms. The van der Waals surface area contributed by atoms with E-state index in [1.165, 1.54) is 11.3 Å². The van der Waals surface area contributed by atoms with Gasteiger partial charge in [-0.05, 0) is 68.8 Å². The predicted molar refractivity (Wildman–Crippen MR) is 148 cm³/mol. The van der Waals surface area contributed by atoms with Crippen LogP contribution in [0.3, 0.4) is 0 Å². The SMILES string of the molecule is CC1CCC(C(=O)N(c2cc(C(C)(C)C)sc2C(=O)O)[C@H]2CC[C@@H](NN(C)c3nccs3)CC2)CC1. The molecule has 0 atom stereocenters. The van der Waals surface area contributed by atoms with Gasteiger partial charge in [0.05, 0.1) is 5.69 Å². The minimum absolute atomic E-state index is 0.0144. The Balaban J connectivity index is 1.57. The highest BCUT2D eigenvalue weighted by molar-refractivity contribution is 7.14. The number of amides is 1. The Bertz CT molecular complexity index is 1030. The first kappa shape index (κ1) is 27.1. The molecule has 2 saturated carbocycles. The van der Waals surface area contributed by atoms with Crippen molar-refractivity contribution >= 4 is 45.4 Å². The Morgan fingerprint density at radius 2 is 1.75 bits per heavy atom. The van der Waals surface area contributed by atoms with Crippen molar-refractivity contribution < 1.29 is 14.7 Å². The van der Waals surface area contributed by atoms with Crippen molar-refractivity contribution in [3.63, 3.8) is 0 Å². The topological polar surface area (TPSA) is 85.8 Å². The largest absolute Gasteiger partial charge is 0.477 e. The molecule has 0 unspecified atom stereocenters. The number of thiazole rings is 1. The van der Waals surface area contributed by atoms with Crippen LogP contribution < -0.4 is 15.3 Å². The molecule has 2 aromatic heterocycles. The number of anilines is 2. The maximum Gasteiger partial charge on any atom is 0.348 e. The van der Waals surface area contributed by atoms with Gasteiger partial charge >= 0.3 is 5.97 Å². The van der Waals surface area contributed by atoms with E-state index in [9.17, 15) is 14.7 Å². The third-order valence-electron chi connectivity index (χ3n) is 7.65. The van der Waals surface area contributed by atoms with Gasteiger partial charge in [0.1, 0.15) is 4.88 Å². The maximum absolute atomic E-state index is 14.1. The predicted octanol–water partition coefficient (Wildman–Crippen LogP) is 6.31. The lowest BCUT2D eigenvalue weighted by Gasteiger charge is -2.40. The van der Waals surface area contributed by atoms with E-state index in [1.807, 2.05) is 28.4 Å². The summed E-state index contributed by atoms with van der Waals surface area (Å²) >= 11 is 2.92. The first-order chi connectivity index (χ1) is 17.0. The van der Waals surface area contributed by atoms with E-state index in [0.29, 0.717) is 22.5 Å². The molecule has 2 heterocycles. The number of hydrazine groups is 1. The second kappa shape index (κ2) is 11.2. The smallest absolute Gasteiger partial charge is 0.348 e. The van der Waals surface area contributed by atoms with Gasteiger partial charge in [0.25, 0.3) is 0 Å². The monoisotopic (exact) mass is 532 g/mol. The maximum atomic E-state index is 14.1. The van der Waals surface area contributed by atoms with E-state index in [1.54, 1.807) is 17.5 Å². The summed E-state index contributed by atoms with van der Waals surface area (Å²) in [5, 5.41) is 15.0. The van der Waals surface area contributed by atoms with Crippen molar-refractivity contribution in [3.8, 4) is 0 Å². The number of rotatable bonds is 7. The molecule has 7 nitrogen and oxygen atoms in total. The first-order valence-electron chi connectivity index (χ1n) is 13.1. The summed E-state index contributed by atoms with van der Waals surface area (Å²) in [5.74, 6) is -0.185. The van der Waals surface area contributed by atoms with Crippen molar-refractivity contribution in [1.82, 2.24) is 10.4 Å². The fourth-order valence-electron chi connectivity index (χ4n) is 5.46. The van der Waals surface area contributed by atoms with Crippen molar-refractivity contribution in [3.05, 3.63) is 27.4 Å². The first-order valence-corrected chi connectivity index (χ1v) is 14.8. The van der Waals surface area contributed by atoms with Gasteiger partial charge in [-0.3, -0.25) is 9.80 Å². The molecule has 1 amide bonds. The van der Waals surface area contributed by atoms with Crippen molar-refractivity contribution in [2.24, 2.45) is 11.8 Å². The summed E-state index contributed by atoms with van der Waals surface area (Å²) in [5.41, 5.74) is 3.99. The van der Waals surface area contributed by atoms with Crippen LogP contribution in [0.25, 0.3) is 0 Å². The van der Waals surface area contributed by atoms with E-state index in [-0.39, 0.29) is 23.3 Å². The van der Waals surface area contributed by atoms with E-state index in [0.717, 1.165) is 61.4 Å². The number of carbonyl (C=O) groups is 2. The summed E-state index contributed by atoms with van der Waals surface area (Å²) in [4.78, 5) is 34.0. The molecule has 2 aliphatic rings. The van der Waals surface area contributed by atoms with Crippen LogP contribution in [0.4, 0.5) is 10.8 Å². The lowest BCUT2D eigenvalue weighted by Crippen LogP contribution is -2.50. The van der Waals surface area contributed by atoms with Gasteiger partial charge < -0.3 is 10.0 Å². The van der Waals surface area contributed by atoms with Crippen LogP contribution in [0.1, 0.15) is 93.6 Å². The zero-order chi connectivity index (χ0) is 26.0. The van der Waals surface area contributed by atoms with E-state index >= 15 is 0 Å². The summed E-state index contributed by atoms with van der Waals surface area (Å²) in [6, 6.07) is 2.30. The molecular formula is C27H40N4O3S2. The van der Waals surface area contributed by atoms with Crippen LogP contribution in [0.5, 0.6) is 0 Å². The minimum atomic E-state index is -0.944. The van der Waals surface area contributed by atoms with Gasteiger partial charge in [0.15, 0.2) is 5.13 Å². The van der Waals surface area contributed by atoms with Crippen molar-refractivity contribution in [2.45, 2.75) is 96.6 Å². The molecule has 0 radical (unpaired) electrons. The molecule has 198 valence electrons. The number of aromatic carboxylic acids is 1. The number of thiophene rings is 1. The second-order valence-electron chi connectivity index (χ2n) is 11.6. The van der Waals surface area contributed by atoms with E-state index in [4.69, 9.17) is 0 Å². The van der Waals surface area contributed by atoms with Crippen molar-refractivity contribution in [1.29, 1.82) is 0 Å². The molecule has 36 heavy (non-hydrogen) atoms. The number of hydrogen-bond acceptors (Lipinski definition) is 7. The number of carboxylic acid groups (broad SMARTS) is 1. The second-order valence-corrected chi connectivity index (χ2v) is 13.5. The van der Waals surface area contributed by atoms with Gasteiger partial charge in [0, 0.05) is 41.5 Å². The summed E-state index contributed by atoms with van der Waals surface area (Å²) in [7, 11) is 1.99. The highest BCUT2D eigenvalue weighted by Crippen LogP contribution is 2.41. The number of nitrogens with one attached hydrogen (secondary N) is 1. The minimum Gasteiger partial charge on any atom is -0.477 e. The molecule has 4 rings (SSSR count). The highest BCUT2D eigenvalue weighted by Gasteiger charge is 2.38. The van der Waals surface area contributed by atoms with Gasteiger partial charge in [0.2, 0.25) is 5.91 Å². The number of carbonyl (C=O) groups excluding carboxylic acids is 1. The van der Waals surface area contributed by atoms with Crippen molar-refractivity contribution in [2.75, 3.05) is 17.0 Å². The Morgan fingerprint density at radius 1 is 1.08 bits per heavy atom. The molecule has 0 saturated heterocycles. The lowest BCUT2D eigenvalue weighted by molar-refractivity contribution is -0.124. The van der Waals surface area contributed by atoms with Crippen LogP contribution >= 0.6 is 22.7 Å². The van der Waals surface area contributed by atoms with Crippen LogP contribution in [-0.4, -0.2) is 41.1 Å². The molecule has 9 heteroatoms. The third-order valence-corrected chi connectivity index (χ3v) is 10.0. The molecule has 2 aliphatic carbocycles. The summed E-state index contributed by atoms with van der Waals surface area (Å²) in [6.07, 6.45) is 9.25. The molecule has 0 spiro atoms.